The number of halogens is 1. The summed E-state index contributed by atoms with van der Waals surface area (Å²) >= 11 is 0. The number of hydrogen-bond donors (Lipinski definition) is 3. The number of benzene rings is 2. The number of ether oxygens (including phenoxy) is 1. The van der Waals surface area contributed by atoms with Gasteiger partial charge < -0.3 is 15.2 Å². The van der Waals surface area contributed by atoms with E-state index in [0.29, 0.717) is 0 Å². The summed E-state index contributed by atoms with van der Waals surface area (Å²) in [7, 11) is -4.13. The Morgan fingerprint density at radius 1 is 1.11 bits per heavy atom. The molecule has 0 saturated heterocycles. The lowest BCUT2D eigenvalue weighted by molar-refractivity contribution is -0.116. The normalized spacial score (nSPS) is 11.7. The van der Waals surface area contributed by atoms with Gasteiger partial charge in [0.15, 0.2) is 5.69 Å². The Hall–Kier alpha value is -3.77. The maximum Gasteiger partial charge on any atom is 0.356 e. The van der Waals surface area contributed by atoms with Crippen LogP contribution in [0.3, 0.4) is 0 Å². The number of carboxylic acids is 1. The van der Waals surface area contributed by atoms with E-state index in [1.165, 1.54) is 43.3 Å². The van der Waals surface area contributed by atoms with Gasteiger partial charge in [0.05, 0.1) is 5.69 Å². The molecule has 3 N–H and O–H groups in total. The molecule has 0 aliphatic rings. The minimum atomic E-state index is -4.13. The maximum absolute atomic E-state index is 14.0. The lowest BCUT2D eigenvalue weighted by atomic mass is 10.1. The molecule has 1 aromatic heterocycles. The van der Waals surface area contributed by atoms with Crippen molar-refractivity contribution >= 4 is 27.6 Å². The van der Waals surface area contributed by atoms with E-state index in [0.717, 1.165) is 10.7 Å². The van der Waals surface area contributed by atoms with E-state index in [-0.39, 0.29) is 69.9 Å². The van der Waals surface area contributed by atoms with E-state index < -0.39 is 21.8 Å². The Morgan fingerprint density at radius 3 is 2.42 bits per heavy atom. The Kier molecular flexibility index (Phi) is 8.89. The highest BCUT2D eigenvalue weighted by Crippen LogP contribution is 2.35. The molecule has 0 aliphatic heterocycles. The number of nitrogens with one attached hydrogen (secondary N) is 2. The van der Waals surface area contributed by atoms with Crippen molar-refractivity contribution in [1.82, 2.24) is 14.5 Å². The molecular weight excluding hydrogens is 515 g/mol. The molecule has 204 valence electrons. The predicted octanol–water partition coefficient (Wildman–Crippen LogP) is 4.73. The van der Waals surface area contributed by atoms with Crippen LogP contribution in [0, 0.1) is 24.6 Å². The average Bonchev–Trinajstić information content (AvgIpc) is 3.14. The van der Waals surface area contributed by atoms with Crippen molar-refractivity contribution in [3.8, 4) is 17.3 Å². The fourth-order valence-corrected chi connectivity index (χ4v) is 4.87. The number of rotatable bonds is 11. The van der Waals surface area contributed by atoms with Crippen molar-refractivity contribution in [3.05, 3.63) is 59.5 Å². The van der Waals surface area contributed by atoms with Crippen LogP contribution in [0.4, 0.5) is 10.1 Å². The van der Waals surface area contributed by atoms with Gasteiger partial charge in [-0.05, 0) is 55.2 Å². The zero-order valence-corrected chi connectivity index (χ0v) is 22.6. The first-order valence-corrected chi connectivity index (χ1v) is 13.5. The van der Waals surface area contributed by atoms with Gasteiger partial charge in [-0.25, -0.2) is 22.3 Å². The summed E-state index contributed by atoms with van der Waals surface area (Å²) in [4.78, 5) is 23.8. The summed E-state index contributed by atoms with van der Waals surface area (Å²) < 4.78 is 50.1. The van der Waals surface area contributed by atoms with E-state index in [4.69, 9.17) is 4.74 Å². The lowest BCUT2D eigenvalue weighted by Crippen LogP contribution is -2.28. The van der Waals surface area contributed by atoms with Crippen molar-refractivity contribution in [2.24, 2.45) is 11.8 Å². The Morgan fingerprint density at radius 2 is 1.82 bits per heavy atom. The molecule has 0 atom stereocenters. The highest BCUT2D eigenvalue weighted by Gasteiger charge is 2.27. The predicted molar refractivity (Wildman–Crippen MR) is 140 cm³/mol. The standard InChI is InChI=1S/C26H31FN4O6S/c1-15(2)11-23(32)29-19-9-10-21(22(13-19)38(35,36)28-14-16(3)4)37-25-17(5)24(26(33)34)30-31(25)20-8-6-7-18(27)12-20/h6-10,12-13,15-16,28H,11,14H2,1-5H3,(H,29,32)(H,33,34). The summed E-state index contributed by atoms with van der Waals surface area (Å²) in [6.07, 6.45) is 0.246. The smallest absolute Gasteiger partial charge is 0.356 e. The zero-order chi connectivity index (χ0) is 28.2. The molecule has 0 unspecified atom stereocenters. The lowest BCUT2D eigenvalue weighted by Gasteiger charge is -2.16. The summed E-state index contributed by atoms with van der Waals surface area (Å²) in [5, 5.41) is 16.4. The quantitative estimate of drug-likeness (QED) is 0.316. The average molecular weight is 547 g/mol. The largest absolute Gasteiger partial charge is 0.476 e. The van der Waals surface area contributed by atoms with E-state index in [9.17, 15) is 27.5 Å². The number of hydrogen-bond acceptors (Lipinski definition) is 6. The van der Waals surface area contributed by atoms with Gasteiger partial charge in [-0.3, -0.25) is 4.79 Å². The van der Waals surface area contributed by atoms with Crippen LogP contribution in [0.2, 0.25) is 0 Å². The van der Waals surface area contributed by atoms with Crippen LogP contribution in [0.5, 0.6) is 11.6 Å². The molecule has 0 radical (unpaired) electrons. The molecule has 3 rings (SSSR count). The topological polar surface area (TPSA) is 140 Å². The summed E-state index contributed by atoms with van der Waals surface area (Å²) in [6, 6.07) is 9.39. The zero-order valence-electron chi connectivity index (χ0n) is 21.8. The third kappa shape index (κ3) is 6.95. The first kappa shape index (κ1) is 28.8. The number of sulfonamides is 1. The third-order valence-electron chi connectivity index (χ3n) is 5.32. The highest BCUT2D eigenvalue weighted by atomic mass is 32.2. The van der Waals surface area contributed by atoms with Gasteiger partial charge in [0, 0.05) is 24.2 Å². The molecule has 1 amide bonds. The second-order valence-electron chi connectivity index (χ2n) is 9.63. The number of carbonyl (C=O) groups is 2. The van der Waals surface area contributed by atoms with Crippen LogP contribution in [0.25, 0.3) is 5.69 Å². The fraction of sp³-hybridized carbons (Fsp3) is 0.346. The molecule has 12 heteroatoms. The molecule has 1 heterocycles. The molecular formula is C26H31FN4O6S. The van der Waals surface area contributed by atoms with Crippen molar-refractivity contribution in [3.63, 3.8) is 0 Å². The Balaban J connectivity index is 2.13. The fourth-order valence-electron chi connectivity index (χ4n) is 3.51. The van der Waals surface area contributed by atoms with Gasteiger partial charge in [-0.1, -0.05) is 33.8 Å². The minimum absolute atomic E-state index is 0.0119. The van der Waals surface area contributed by atoms with Gasteiger partial charge in [0.2, 0.25) is 21.8 Å². The van der Waals surface area contributed by atoms with Crippen molar-refractivity contribution in [2.75, 3.05) is 11.9 Å². The molecule has 2 aromatic carbocycles. The van der Waals surface area contributed by atoms with Crippen molar-refractivity contribution in [2.45, 2.75) is 45.9 Å². The van der Waals surface area contributed by atoms with Gasteiger partial charge in [-0.15, -0.1) is 0 Å². The monoisotopic (exact) mass is 546 g/mol. The summed E-state index contributed by atoms with van der Waals surface area (Å²) in [5.41, 5.74) is 0.184. The maximum atomic E-state index is 14.0. The summed E-state index contributed by atoms with van der Waals surface area (Å²) in [5.74, 6) is -2.33. The van der Waals surface area contributed by atoms with E-state index in [1.54, 1.807) is 0 Å². The van der Waals surface area contributed by atoms with E-state index in [2.05, 4.69) is 15.1 Å². The van der Waals surface area contributed by atoms with Crippen LogP contribution < -0.4 is 14.8 Å². The summed E-state index contributed by atoms with van der Waals surface area (Å²) in [6.45, 7) is 9.06. The highest BCUT2D eigenvalue weighted by molar-refractivity contribution is 7.89. The van der Waals surface area contributed by atoms with E-state index in [1.807, 2.05) is 27.7 Å². The van der Waals surface area contributed by atoms with Gasteiger partial charge >= 0.3 is 5.97 Å². The molecule has 10 nitrogen and oxygen atoms in total. The SMILES string of the molecule is Cc1c(C(=O)O)nn(-c2cccc(F)c2)c1Oc1ccc(NC(=O)CC(C)C)cc1S(=O)(=O)NCC(C)C. The first-order valence-electron chi connectivity index (χ1n) is 12.0. The number of amides is 1. The van der Waals surface area contributed by atoms with Crippen molar-refractivity contribution in [1.29, 1.82) is 0 Å². The van der Waals surface area contributed by atoms with Gasteiger partial charge in [-0.2, -0.15) is 9.78 Å². The molecule has 38 heavy (non-hydrogen) atoms. The molecule has 0 spiro atoms. The number of anilines is 1. The minimum Gasteiger partial charge on any atom is -0.476 e. The Labute approximate surface area is 220 Å². The molecule has 0 saturated carbocycles. The number of carboxylic acid groups (broad SMARTS) is 1. The number of aromatic carboxylic acids is 1. The second kappa shape index (κ2) is 11.7. The number of nitrogens with zero attached hydrogens (tertiary/aromatic N) is 2. The molecule has 0 bridgehead atoms. The van der Waals surface area contributed by atoms with Gasteiger partial charge in [0.1, 0.15) is 16.5 Å². The first-order chi connectivity index (χ1) is 17.8. The van der Waals surface area contributed by atoms with Crippen LogP contribution in [-0.2, 0) is 14.8 Å². The molecule has 3 aromatic rings. The third-order valence-corrected chi connectivity index (χ3v) is 6.77. The van der Waals surface area contributed by atoms with Crippen LogP contribution >= 0.6 is 0 Å². The molecule has 0 aliphatic carbocycles. The van der Waals surface area contributed by atoms with Crippen LogP contribution in [0.1, 0.15) is 50.2 Å². The van der Waals surface area contributed by atoms with Crippen LogP contribution in [-0.4, -0.2) is 41.7 Å². The van der Waals surface area contributed by atoms with Crippen molar-refractivity contribution < 1.29 is 32.2 Å². The van der Waals surface area contributed by atoms with E-state index >= 15 is 0 Å². The number of carbonyl (C=O) groups excluding carboxylic acids is 1. The van der Waals surface area contributed by atoms with Gasteiger partial charge in [0.25, 0.3) is 0 Å². The van der Waals surface area contributed by atoms with Crippen LogP contribution in [0.15, 0.2) is 47.4 Å². The number of aromatic nitrogens is 2. The Bertz CT molecular complexity index is 1450. The second-order valence-corrected chi connectivity index (χ2v) is 11.4. The molecule has 0 fully saturated rings.